The molecule has 3 aromatic heterocycles. The van der Waals surface area contributed by atoms with Gasteiger partial charge in [-0.1, -0.05) is 65.9 Å². The Kier molecular flexibility index (Phi) is 7.49. The van der Waals surface area contributed by atoms with E-state index < -0.39 is 0 Å². The summed E-state index contributed by atoms with van der Waals surface area (Å²) in [6.45, 7) is 2.49. The zero-order chi connectivity index (χ0) is 24.7. The number of hydrogen-bond donors (Lipinski definition) is 1. The van der Waals surface area contributed by atoms with Crippen LogP contribution in [0.4, 0.5) is 0 Å². The van der Waals surface area contributed by atoms with Crippen molar-refractivity contribution in [3.8, 4) is 5.69 Å². The highest BCUT2D eigenvalue weighted by molar-refractivity contribution is 7.98. The maximum Gasteiger partial charge on any atom is 0.271 e. The van der Waals surface area contributed by atoms with E-state index in [1.807, 2.05) is 30.3 Å². The average Bonchev–Trinajstić information content (AvgIpc) is 3.55. The molecule has 0 aliphatic rings. The maximum atomic E-state index is 12.5. The summed E-state index contributed by atoms with van der Waals surface area (Å²) in [4.78, 5) is 21.1. The molecule has 0 aliphatic heterocycles. The molecule has 7 nitrogen and oxygen atoms in total. The second-order valence-corrected chi connectivity index (χ2v) is 10.1. The van der Waals surface area contributed by atoms with Gasteiger partial charge in [-0.15, -0.1) is 21.5 Å². The molecule has 0 unspecified atom stereocenters. The second kappa shape index (κ2) is 11.3. The minimum atomic E-state index is -0.195. The van der Waals surface area contributed by atoms with Gasteiger partial charge in [-0.05, 0) is 36.2 Å². The number of thioether (sulfide) groups is 1. The smallest absolute Gasteiger partial charge is 0.271 e. The number of nitrogens with one attached hydrogen (secondary N) is 1. The molecule has 0 saturated carbocycles. The van der Waals surface area contributed by atoms with Crippen LogP contribution < -0.4 is 5.32 Å². The lowest BCUT2D eigenvalue weighted by molar-refractivity contribution is 0.0946. The standard InChI is InChI=1S/C27H24N6OS2/c1-19-9-11-22(12-10-19)33-24(14-20-6-3-2-4-7-20)31-32-27(33)36-18-25-30-23(17-35-25)26(34)29-16-21-8-5-13-28-15-21/h2-13,15,17H,14,16,18H2,1H3,(H,29,34). The number of aromatic nitrogens is 5. The summed E-state index contributed by atoms with van der Waals surface area (Å²) < 4.78 is 2.10. The summed E-state index contributed by atoms with van der Waals surface area (Å²) in [6.07, 6.45) is 4.13. The normalized spacial score (nSPS) is 10.9. The first-order valence-corrected chi connectivity index (χ1v) is 13.3. The lowest BCUT2D eigenvalue weighted by Crippen LogP contribution is -2.23. The van der Waals surface area contributed by atoms with E-state index in [0.717, 1.165) is 27.2 Å². The fourth-order valence-corrected chi connectivity index (χ4v) is 5.39. The first-order chi connectivity index (χ1) is 17.7. The van der Waals surface area contributed by atoms with E-state index in [4.69, 9.17) is 0 Å². The van der Waals surface area contributed by atoms with Crippen LogP contribution in [-0.2, 0) is 18.7 Å². The Balaban J connectivity index is 1.30. The molecule has 2 aromatic carbocycles. The first kappa shape index (κ1) is 23.9. The number of aryl methyl sites for hydroxylation is 1. The minimum Gasteiger partial charge on any atom is -0.347 e. The van der Waals surface area contributed by atoms with Crippen LogP contribution in [0.15, 0.2) is 89.7 Å². The molecule has 3 heterocycles. The average molecular weight is 513 g/mol. The van der Waals surface area contributed by atoms with E-state index in [2.05, 4.69) is 73.4 Å². The molecule has 0 spiro atoms. The van der Waals surface area contributed by atoms with Crippen LogP contribution in [0.5, 0.6) is 0 Å². The number of thiazole rings is 1. The van der Waals surface area contributed by atoms with Gasteiger partial charge in [-0.2, -0.15) is 0 Å². The summed E-state index contributed by atoms with van der Waals surface area (Å²) in [7, 11) is 0. The quantitative estimate of drug-likeness (QED) is 0.272. The van der Waals surface area contributed by atoms with Crippen LogP contribution in [-0.4, -0.2) is 30.6 Å². The molecule has 0 bridgehead atoms. The Morgan fingerprint density at radius 1 is 1.00 bits per heavy atom. The first-order valence-electron chi connectivity index (χ1n) is 11.5. The van der Waals surface area contributed by atoms with Crippen molar-refractivity contribution in [3.63, 3.8) is 0 Å². The molecule has 1 amide bonds. The Labute approximate surface area is 217 Å². The van der Waals surface area contributed by atoms with Gasteiger partial charge in [0.05, 0.1) is 5.75 Å². The molecular weight excluding hydrogens is 488 g/mol. The lowest BCUT2D eigenvalue weighted by atomic mass is 10.1. The van der Waals surface area contributed by atoms with Gasteiger partial charge in [0.1, 0.15) is 16.5 Å². The summed E-state index contributed by atoms with van der Waals surface area (Å²) in [5.74, 6) is 1.28. The summed E-state index contributed by atoms with van der Waals surface area (Å²) in [5, 5.41) is 15.4. The number of rotatable bonds is 9. The van der Waals surface area contributed by atoms with Crippen LogP contribution in [0.1, 0.15) is 38.0 Å². The molecule has 0 fully saturated rings. The van der Waals surface area contributed by atoms with Gasteiger partial charge >= 0.3 is 0 Å². The monoisotopic (exact) mass is 512 g/mol. The Morgan fingerprint density at radius 2 is 1.81 bits per heavy atom. The zero-order valence-corrected chi connectivity index (χ0v) is 21.3. The molecular formula is C27H24N6OS2. The predicted molar refractivity (Wildman–Crippen MR) is 142 cm³/mol. The van der Waals surface area contributed by atoms with E-state index in [1.54, 1.807) is 29.5 Å². The van der Waals surface area contributed by atoms with E-state index in [9.17, 15) is 4.79 Å². The highest BCUT2D eigenvalue weighted by Gasteiger charge is 2.17. The molecule has 0 radical (unpaired) electrons. The second-order valence-electron chi connectivity index (χ2n) is 8.19. The highest BCUT2D eigenvalue weighted by Crippen LogP contribution is 2.27. The molecule has 5 aromatic rings. The highest BCUT2D eigenvalue weighted by atomic mass is 32.2. The van der Waals surface area contributed by atoms with Crippen molar-refractivity contribution in [1.82, 2.24) is 30.0 Å². The van der Waals surface area contributed by atoms with Crippen molar-refractivity contribution in [2.45, 2.75) is 30.8 Å². The van der Waals surface area contributed by atoms with Gasteiger partial charge in [-0.25, -0.2) is 4.98 Å². The van der Waals surface area contributed by atoms with Gasteiger partial charge in [0.25, 0.3) is 5.91 Å². The zero-order valence-electron chi connectivity index (χ0n) is 19.7. The number of nitrogens with zero attached hydrogens (tertiary/aromatic N) is 5. The van der Waals surface area contributed by atoms with Crippen LogP contribution in [0.3, 0.4) is 0 Å². The van der Waals surface area contributed by atoms with Gasteiger partial charge in [0.15, 0.2) is 5.16 Å². The number of carbonyl (C=O) groups excluding carboxylic acids is 1. The van der Waals surface area contributed by atoms with Crippen molar-refractivity contribution >= 4 is 29.0 Å². The van der Waals surface area contributed by atoms with Crippen molar-refractivity contribution < 1.29 is 4.79 Å². The van der Waals surface area contributed by atoms with Crippen LogP contribution in [0.25, 0.3) is 5.69 Å². The van der Waals surface area contributed by atoms with Crippen LogP contribution >= 0.6 is 23.1 Å². The fraction of sp³-hybridized carbons (Fsp3) is 0.148. The van der Waals surface area contributed by atoms with Crippen molar-refractivity contribution in [1.29, 1.82) is 0 Å². The third-order valence-electron chi connectivity index (χ3n) is 5.48. The SMILES string of the molecule is Cc1ccc(-n2c(Cc3ccccc3)nnc2SCc2nc(C(=O)NCc3cccnc3)cs2)cc1. The number of benzene rings is 2. The van der Waals surface area contributed by atoms with Gasteiger partial charge in [-0.3, -0.25) is 14.3 Å². The molecule has 36 heavy (non-hydrogen) atoms. The number of pyridine rings is 1. The largest absolute Gasteiger partial charge is 0.347 e. The fourth-order valence-electron chi connectivity index (χ4n) is 3.62. The van der Waals surface area contributed by atoms with Crippen molar-refractivity contribution in [2.75, 3.05) is 0 Å². The molecule has 1 N–H and O–H groups in total. The Bertz CT molecular complexity index is 1430. The number of carbonyl (C=O) groups is 1. The van der Waals surface area contributed by atoms with Gasteiger partial charge in [0, 0.05) is 36.4 Å². The number of amides is 1. The Hall–Kier alpha value is -3.82. The third-order valence-corrected chi connectivity index (χ3v) is 7.45. The maximum absolute atomic E-state index is 12.5. The molecule has 0 aliphatic carbocycles. The summed E-state index contributed by atoms with van der Waals surface area (Å²) >= 11 is 3.03. The summed E-state index contributed by atoms with van der Waals surface area (Å²) in [5.41, 5.74) is 4.76. The lowest BCUT2D eigenvalue weighted by Gasteiger charge is -2.10. The van der Waals surface area contributed by atoms with E-state index in [0.29, 0.717) is 24.4 Å². The van der Waals surface area contributed by atoms with Crippen LogP contribution in [0, 0.1) is 6.92 Å². The van der Waals surface area contributed by atoms with E-state index >= 15 is 0 Å². The third kappa shape index (κ3) is 5.87. The predicted octanol–water partition coefficient (Wildman–Crippen LogP) is 5.24. The molecule has 0 saturated heterocycles. The molecule has 0 atom stereocenters. The van der Waals surface area contributed by atoms with Crippen molar-refractivity contribution in [3.05, 3.63) is 118 Å². The molecule has 180 valence electrons. The molecule has 5 rings (SSSR count). The van der Waals surface area contributed by atoms with E-state index in [1.165, 1.54) is 22.5 Å². The van der Waals surface area contributed by atoms with E-state index in [-0.39, 0.29) is 5.91 Å². The van der Waals surface area contributed by atoms with Crippen LogP contribution in [0.2, 0.25) is 0 Å². The minimum absolute atomic E-state index is 0.195. The van der Waals surface area contributed by atoms with Crippen molar-refractivity contribution in [2.24, 2.45) is 0 Å². The molecule has 9 heteroatoms. The number of hydrogen-bond acceptors (Lipinski definition) is 7. The topological polar surface area (TPSA) is 85.6 Å². The van der Waals surface area contributed by atoms with Gasteiger partial charge < -0.3 is 5.32 Å². The summed E-state index contributed by atoms with van der Waals surface area (Å²) in [6, 6.07) is 22.4. The van der Waals surface area contributed by atoms with Gasteiger partial charge in [0.2, 0.25) is 0 Å². The Morgan fingerprint density at radius 3 is 2.58 bits per heavy atom.